The quantitative estimate of drug-likeness (QED) is 0.510. The number of nitrogens with zero attached hydrogens (tertiary/aromatic N) is 3. The summed E-state index contributed by atoms with van der Waals surface area (Å²) in [5.74, 6) is -0.235. The fourth-order valence-corrected chi connectivity index (χ4v) is 1.48. The Labute approximate surface area is 109 Å². The molecule has 1 aromatic rings. The first-order valence-corrected chi connectivity index (χ1v) is 5.49. The molecule has 0 bridgehead atoms. The zero-order valence-electron chi connectivity index (χ0n) is 10.2. The summed E-state index contributed by atoms with van der Waals surface area (Å²) in [4.78, 5) is 27.1. The Kier molecular flexibility index (Phi) is 4.43. The molecule has 1 heterocycles. The highest BCUT2D eigenvalue weighted by Gasteiger charge is 2.21. The van der Waals surface area contributed by atoms with Crippen LogP contribution < -0.4 is 5.32 Å². The molecule has 8 heteroatoms. The van der Waals surface area contributed by atoms with Gasteiger partial charge in [0.2, 0.25) is 11.7 Å². The molecule has 0 spiro atoms. The summed E-state index contributed by atoms with van der Waals surface area (Å²) in [5, 5.41) is 13.6. The lowest BCUT2D eigenvalue weighted by molar-refractivity contribution is -0.384. The van der Waals surface area contributed by atoms with Gasteiger partial charge < -0.3 is 10.2 Å². The van der Waals surface area contributed by atoms with Crippen LogP contribution in [0.1, 0.15) is 6.92 Å². The van der Waals surface area contributed by atoms with Gasteiger partial charge in [0.1, 0.15) is 11.2 Å². The van der Waals surface area contributed by atoms with Crippen LogP contribution in [-0.4, -0.2) is 40.9 Å². The van der Waals surface area contributed by atoms with Gasteiger partial charge in [-0.05, 0) is 13.0 Å². The van der Waals surface area contributed by atoms with Gasteiger partial charge in [0.15, 0.2) is 0 Å². The molecule has 0 saturated heterocycles. The molecule has 1 atom stereocenters. The highest BCUT2D eigenvalue weighted by molar-refractivity contribution is 6.29. The zero-order valence-corrected chi connectivity index (χ0v) is 10.9. The Balaban J connectivity index is 2.99. The van der Waals surface area contributed by atoms with Crippen LogP contribution in [0.4, 0.5) is 11.5 Å². The molecule has 98 valence electrons. The van der Waals surface area contributed by atoms with Gasteiger partial charge in [-0.1, -0.05) is 11.6 Å². The molecule has 0 aromatic carbocycles. The second kappa shape index (κ2) is 5.63. The third-order valence-corrected chi connectivity index (χ3v) is 2.41. The number of likely N-dealkylation sites (N-methyl/N-ethyl adjacent to an activating group) is 1. The van der Waals surface area contributed by atoms with E-state index in [1.54, 1.807) is 21.0 Å². The number of aromatic nitrogens is 1. The summed E-state index contributed by atoms with van der Waals surface area (Å²) in [5.41, 5.74) is -0.224. The van der Waals surface area contributed by atoms with Gasteiger partial charge in [0.05, 0.1) is 4.92 Å². The molecule has 0 radical (unpaired) electrons. The number of hydrogen-bond acceptors (Lipinski definition) is 5. The summed E-state index contributed by atoms with van der Waals surface area (Å²) >= 11 is 5.68. The second-order valence-electron chi connectivity index (χ2n) is 3.86. The largest absolute Gasteiger partial charge is 0.353 e. The normalized spacial score (nSPS) is 11.8. The van der Waals surface area contributed by atoms with E-state index in [0.29, 0.717) is 0 Å². The van der Waals surface area contributed by atoms with Crippen LogP contribution in [0.2, 0.25) is 5.15 Å². The Bertz CT molecular complexity index is 478. The Hall–Kier alpha value is -1.89. The molecule has 0 saturated carbocycles. The number of carbonyl (C=O) groups is 1. The van der Waals surface area contributed by atoms with Gasteiger partial charge in [-0.25, -0.2) is 4.98 Å². The van der Waals surface area contributed by atoms with Crippen LogP contribution >= 0.6 is 11.6 Å². The smallest absolute Gasteiger partial charge is 0.311 e. The summed E-state index contributed by atoms with van der Waals surface area (Å²) in [6.45, 7) is 1.59. The average molecular weight is 273 g/mol. The summed E-state index contributed by atoms with van der Waals surface area (Å²) < 4.78 is 0. The Morgan fingerprint density at radius 3 is 2.67 bits per heavy atom. The maximum absolute atomic E-state index is 11.6. The van der Waals surface area contributed by atoms with E-state index in [0.717, 1.165) is 0 Å². The van der Waals surface area contributed by atoms with Crippen molar-refractivity contribution in [1.29, 1.82) is 0 Å². The van der Waals surface area contributed by atoms with E-state index in [1.165, 1.54) is 17.0 Å². The molecule has 1 rings (SSSR count). The monoisotopic (exact) mass is 272 g/mol. The minimum absolute atomic E-state index is 0.0183. The van der Waals surface area contributed by atoms with Crippen molar-refractivity contribution >= 4 is 29.0 Å². The second-order valence-corrected chi connectivity index (χ2v) is 4.24. The van der Waals surface area contributed by atoms with Crippen LogP contribution in [-0.2, 0) is 4.79 Å². The van der Waals surface area contributed by atoms with Crippen LogP contribution in [0.5, 0.6) is 0 Å². The first-order valence-electron chi connectivity index (χ1n) is 5.11. The number of hydrogen-bond donors (Lipinski definition) is 1. The third-order valence-electron chi connectivity index (χ3n) is 2.20. The van der Waals surface area contributed by atoms with Crippen LogP contribution in [0, 0.1) is 10.1 Å². The van der Waals surface area contributed by atoms with E-state index in [9.17, 15) is 14.9 Å². The van der Waals surface area contributed by atoms with Gasteiger partial charge in [-0.2, -0.15) is 0 Å². The standard InChI is InChI=1S/C10H13ClN4O3/c1-6(10(16)14(2)3)12-9-7(15(17)18)4-5-8(11)13-9/h4-6H,1-3H3,(H,12,13). The zero-order chi connectivity index (χ0) is 13.9. The van der Waals surface area contributed by atoms with Crippen molar-refractivity contribution in [1.82, 2.24) is 9.88 Å². The molecule has 1 aromatic heterocycles. The summed E-state index contributed by atoms with van der Waals surface area (Å²) in [7, 11) is 3.20. The number of pyridine rings is 1. The molecular formula is C10H13ClN4O3. The van der Waals surface area contributed by atoms with Crippen molar-refractivity contribution in [3.8, 4) is 0 Å². The first-order chi connectivity index (χ1) is 8.32. The van der Waals surface area contributed by atoms with E-state index in [-0.39, 0.29) is 22.6 Å². The minimum Gasteiger partial charge on any atom is -0.353 e. The minimum atomic E-state index is -0.635. The molecular weight excluding hydrogens is 260 g/mol. The fourth-order valence-electron chi connectivity index (χ4n) is 1.34. The highest BCUT2D eigenvalue weighted by Crippen LogP contribution is 2.24. The van der Waals surface area contributed by atoms with Gasteiger partial charge >= 0.3 is 5.69 Å². The molecule has 0 aliphatic rings. The number of amides is 1. The average Bonchev–Trinajstić information content (AvgIpc) is 2.27. The van der Waals surface area contributed by atoms with Crippen molar-refractivity contribution in [2.24, 2.45) is 0 Å². The van der Waals surface area contributed by atoms with Crippen LogP contribution in [0.25, 0.3) is 0 Å². The van der Waals surface area contributed by atoms with Crippen LogP contribution in [0.15, 0.2) is 12.1 Å². The molecule has 0 aliphatic heterocycles. The molecule has 1 N–H and O–H groups in total. The predicted molar refractivity (Wildman–Crippen MR) is 67.7 cm³/mol. The van der Waals surface area contributed by atoms with Gasteiger partial charge in [0, 0.05) is 20.2 Å². The lowest BCUT2D eigenvalue weighted by Gasteiger charge is -2.18. The fraction of sp³-hybridized carbons (Fsp3) is 0.400. The molecule has 0 aliphatic carbocycles. The number of anilines is 1. The van der Waals surface area contributed by atoms with Crippen molar-refractivity contribution in [2.45, 2.75) is 13.0 Å². The highest BCUT2D eigenvalue weighted by atomic mass is 35.5. The third kappa shape index (κ3) is 3.30. The number of carbonyl (C=O) groups excluding carboxylic acids is 1. The summed E-state index contributed by atoms with van der Waals surface area (Å²) in [6.07, 6.45) is 0. The Morgan fingerprint density at radius 2 is 2.17 bits per heavy atom. The number of rotatable bonds is 4. The molecule has 7 nitrogen and oxygen atoms in total. The predicted octanol–water partition coefficient (Wildman–Crippen LogP) is 1.53. The van der Waals surface area contributed by atoms with Crippen molar-refractivity contribution in [3.63, 3.8) is 0 Å². The van der Waals surface area contributed by atoms with Crippen molar-refractivity contribution < 1.29 is 9.72 Å². The summed E-state index contributed by atoms with van der Waals surface area (Å²) in [6, 6.07) is 1.93. The SMILES string of the molecule is CC(Nc1nc(Cl)ccc1[N+](=O)[O-])C(=O)N(C)C. The number of nitrogens with one attached hydrogen (secondary N) is 1. The maximum atomic E-state index is 11.6. The molecule has 1 amide bonds. The molecule has 1 unspecified atom stereocenters. The van der Waals surface area contributed by atoms with Gasteiger partial charge in [-0.3, -0.25) is 14.9 Å². The first kappa shape index (κ1) is 14.2. The van der Waals surface area contributed by atoms with Crippen LogP contribution in [0.3, 0.4) is 0 Å². The van der Waals surface area contributed by atoms with Gasteiger partial charge in [-0.15, -0.1) is 0 Å². The van der Waals surface area contributed by atoms with E-state index >= 15 is 0 Å². The van der Waals surface area contributed by atoms with Crippen molar-refractivity contribution in [3.05, 3.63) is 27.4 Å². The van der Waals surface area contributed by atoms with Gasteiger partial charge in [0.25, 0.3) is 0 Å². The number of halogens is 1. The van der Waals surface area contributed by atoms with E-state index < -0.39 is 11.0 Å². The van der Waals surface area contributed by atoms with E-state index in [4.69, 9.17) is 11.6 Å². The van der Waals surface area contributed by atoms with E-state index in [1.807, 2.05) is 0 Å². The Morgan fingerprint density at radius 1 is 1.56 bits per heavy atom. The maximum Gasteiger partial charge on any atom is 0.311 e. The molecule has 0 fully saturated rings. The number of nitro groups is 1. The van der Waals surface area contributed by atoms with Crippen molar-refractivity contribution in [2.75, 3.05) is 19.4 Å². The molecule has 18 heavy (non-hydrogen) atoms. The van der Waals surface area contributed by atoms with E-state index in [2.05, 4.69) is 10.3 Å². The lowest BCUT2D eigenvalue weighted by Crippen LogP contribution is -2.37. The topological polar surface area (TPSA) is 88.4 Å². The lowest BCUT2D eigenvalue weighted by atomic mass is 10.3.